The zero-order valence-electron chi connectivity index (χ0n) is 14.6. The summed E-state index contributed by atoms with van der Waals surface area (Å²) in [5.41, 5.74) is 1.34. The number of benzene rings is 2. The summed E-state index contributed by atoms with van der Waals surface area (Å²) in [4.78, 5) is 12.0. The molecule has 27 heavy (non-hydrogen) atoms. The summed E-state index contributed by atoms with van der Waals surface area (Å²) in [7, 11) is 1.60. The van der Waals surface area contributed by atoms with Crippen LogP contribution in [0.15, 0.2) is 53.7 Å². The molecule has 0 atom stereocenters. The van der Waals surface area contributed by atoms with Crippen LogP contribution in [0.25, 0.3) is 5.69 Å². The van der Waals surface area contributed by atoms with Crippen molar-refractivity contribution in [2.45, 2.75) is 11.6 Å². The molecular formula is C18H18FN5O2S. The van der Waals surface area contributed by atoms with Crippen molar-refractivity contribution < 1.29 is 13.9 Å². The van der Waals surface area contributed by atoms with Crippen molar-refractivity contribution in [1.82, 2.24) is 25.5 Å². The lowest BCUT2D eigenvalue weighted by Gasteiger charge is -2.07. The van der Waals surface area contributed by atoms with Crippen LogP contribution in [0.1, 0.15) is 5.56 Å². The molecule has 0 bridgehead atoms. The maximum Gasteiger partial charge on any atom is 0.230 e. The van der Waals surface area contributed by atoms with E-state index < -0.39 is 0 Å². The topological polar surface area (TPSA) is 81.9 Å². The van der Waals surface area contributed by atoms with E-state index in [9.17, 15) is 9.18 Å². The third-order valence-corrected chi connectivity index (χ3v) is 4.68. The second-order valence-corrected chi connectivity index (χ2v) is 6.49. The molecule has 0 unspecified atom stereocenters. The van der Waals surface area contributed by atoms with E-state index in [4.69, 9.17) is 4.74 Å². The van der Waals surface area contributed by atoms with Crippen LogP contribution in [0, 0.1) is 5.82 Å². The number of carbonyl (C=O) groups is 1. The lowest BCUT2D eigenvalue weighted by molar-refractivity contribution is -0.118. The van der Waals surface area contributed by atoms with Crippen molar-refractivity contribution >= 4 is 17.7 Å². The molecule has 1 amide bonds. The molecule has 3 rings (SSSR count). The van der Waals surface area contributed by atoms with Gasteiger partial charge in [-0.2, -0.15) is 4.68 Å². The minimum absolute atomic E-state index is 0.161. The fourth-order valence-corrected chi connectivity index (χ4v) is 3.09. The van der Waals surface area contributed by atoms with E-state index in [1.807, 2.05) is 12.1 Å². The van der Waals surface area contributed by atoms with Gasteiger partial charge in [-0.25, -0.2) is 4.39 Å². The number of thioether (sulfide) groups is 1. The van der Waals surface area contributed by atoms with Crippen molar-refractivity contribution in [3.8, 4) is 11.4 Å². The highest BCUT2D eigenvalue weighted by atomic mass is 32.2. The number of methoxy groups -OCH3 is 1. The molecule has 0 aliphatic heterocycles. The van der Waals surface area contributed by atoms with Crippen LogP contribution in [0.4, 0.5) is 4.39 Å². The summed E-state index contributed by atoms with van der Waals surface area (Å²) in [5, 5.41) is 14.8. The number of rotatable bonds is 8. The standard InChI is InChI=1S/C18H18FN5O2S/c1-26-15-8-6-14(7-9-15)24-18(21-22-23-24)27-12-17(25)20-11-10-13-4-2-3-5-16(13)19/h2-9H,10-12H2,1H3,(H,20,25). The number of nitrogens with zero attached hydrogens (tertiary/aromatic N) is 4. The highest BCUT2D eigenvalue weighted by molar-refractivity contribution is 7.99. The highest BCUT2D eigenvalue weighted by Crippen LogP contribution is 2.20. The SMILES string of the molecule is COc1ccc(-n2nnnc2SCC(=O)NCCc2ccccc2F)cc1. The summed E-state index contributed by atoms with van der Waals surface area (Å²) in [6.07, 6.45) is 0.437. The van der Waals surface area contributed by atoms with Crippen molar-refractivity contribution in [1.29, 1.82) is 0 Å². The smallest absolute Gasteiger partial charge is 0.230 e. The molecule has 140 valence electrons. The minimum atomic E-state index is -0.264. The zero-order chi connectivity index (χ0) is 19.1. The van der Waals surface area contributed by atoms with Crippen molar-refractivity contribution in [2.75, 3.05) is 19.4 Å². The Kier molecular flexibility index (Phi) is 6.37. The molecule has 1 heterocycles. The van der Waals surface area contributed by atoms with Crippen LogP contribution < -0.4 is 10.1 Å². The van der Waals surface area contributed by atoms with Crippen LogP contribution in [0.5, 0.6) is 5.75 Å². The van der Waals surface area contributed by atoms with Crippen LogP contribution in [0.3, 0.4) is 0 Å². The Morgan fingerprint density at radius 3 is 2.74 bits per heavy atom. The van der Waals surface area contributed by atoms with Gasteiger partial charge in [-0.05, 0) is 52.7 Å². The fourth-order valence-electron chi connectivity index (χ4n) is 2.37. The molecule has 0 saturated heterocycles. The van der Waals surface area contributed by atoms with E-state index in [0.717, 1.165) is 11.4 Å². The van der Waals surface area contributed by atoms with Gasteiger partial charge in [-0.1, -0.05) is 30.0 Å². The fraction of sp³-hybridized carbons (Fsp3) is 0.222. The van der Waals surface area contributed by atoms with E-state index in [2.05, 4.69) is 20.8 Å². The van der Waals surface area contributed by atoms with Crippen molar-refractivity contribution in [3.63, 3.8) is 0 Å². The molecule has 7 nitrogen and oxygen atoms in total. The van der Waals surface area contributed by atoms with Gasteiger partial charge in [0, 0.05) is 6.54 Å². The number of tetrazole rings is 1. The van der Waals surface area contributed by atoms with Crippen LogP contribution in [0.2, 0.25) is 0 Å². The molecule has 0 saturated carbocycles. The molecule has 1 N–H and O–H groups in total. The number of nitrogens with one attached hydrogen (secondary N) is 1. The minimum Gasteiger partial charge on any atom is -0.497 e. The van der Waals surface area contributed by atoms with Gasteiger partial charge in [0.1, 0.15) is 11.6 Å². The number of amides is 1. The largest absolute Gasteiger partial charge is 0.497 e. The molecule has 3 aromatic rings. The third kappa shape index (κ3) is 5.04. The van der Waals surface area contributed by atoms with Crippen LogP contribution in [-0.4, -0.2) is 45.5 Å². The van der Waals surface area contributed by atoms with Crippen LogP contribution >= 0.6 is 11.8 Å². The average Bonchev–Trinajstić information content (AvgIpc) is 3.16. The number of hydrogen-bond donors (Lipinski definition) is 1. The van der Waals surface area contributed by atoms with Gasteiger partial charge in [-0.15, -0.1) is 5.10 Å². The second-order valence-electron chi connectivity index (χ2n) is 5.55. The van der Waals surface area contributed by atoms with E-state index in [0.29, 0.717) is 23.7 Å². The maximum atomic E-state index is 13.6. The van der Waals surface area contributed by atoms with Gasteiger partial charge in [0.2, 0.25) is 11.1 Å². The predicted molar refractivity (Wildman–Crippen MR) is 99.5 cm³/mol. The summed E-state index contributed by atoms with van der Waals surface area (Å²) >= 11 is 1.23. The Morgan fingerprint density at radius 1 is 1.22 bits per heavy atom. The molecule has 0 radical (unpaired) electrons. The molecule has 0 spiro atoms. The van der Waals surface area contributed by atoms with E-state index >= 15 is 0 Å². The number of halogens is 1. The molecular weight excluding hydrogens is 369 g/mol. The van der Waals surface area contributed by atoms with Gasteiger partial charge >= 0.3 is 0 Å². The summed E-state index contributed by atoms with van der Waals surface area (Å²) in [5.74, 6) is 0.462. The van der Waals surface area contributed by atoms with Crippen LogP contribution in [-0.2, 0) is 11.2 Å². The first-order chi connectivity index (χ1) is 13.2. The molecule has 1 aromatic heterocycles. The third-order valence-electron chi connectivity index (χ3n) is 3.76. The monoisotopic (exact) mass is 387 g/mol. The molecule has 0 fully saturated rings. The Labute approximate surface area is 159 Å². The normalized spacial score (nSPS) is 10.6. The van der Waals surface area contributed by atoms with E-state index in [-0.39, 0.29) is 17.5 Å². The average molecular weight is 387 g/mol. The molecule has 0 aliphatic carbocycles. The zero-order valence-corrected chi connectivity index (χ0v) is 15.4. The van der Waals surface area contributed by atoms with Crippen molar-refractivity contribution in [3.05, 3.63) is 59.9 Å². The first kappa shape index (κ1) is 18.8. The predicted octanol–water partition coefficient (Wildman–Crippen LogP) is 2.26. The molecule has 2 aromatic carbocycles. The first-order valence-electron chi connectivity index (χ1n) is 8.23. The van der Waals surface area contributed by atoms with Gasteiger partial charge in [0.25, 0.3) is 0 Å². The summed E-state index contributed by atoms with van der Waals surface area (Å²) < 4.78 is 20.2. The van der Waals surface area contributed by atoms with E-state index in [1.165, 1.54) is 17.8 Å². The Hall–Kier alpha value is -2.94. The van der Waals surface area contributed by atoms with Gasteiger partial charge < -0.3 is 10.1 Å². The summed E-state index contributed by atoms with van der Waals surface area (Å²) in [6, 6.07) is 13.8. The number of ether oxygens (including phenoxy) is 1. The number of carbonyl (C=O) groups excluding carboxylic acids is 1. The first-order valence-corrected chi connectivity index (χ1v) is 9.21. The maximum absolute atomic E-state index is 13.6. The second kappa shape index (κ2) is 9.13. The van der Waals surface area contributed by atoms with E-state index in [1.54, 1.807) is 42.1 Å². The Morgan fingerprint density at radius 2 is 2.00 bits per heavy atom. The lowest BCUT2D eigenvalue weighted by atomic mass is 10.1. The molecule has 0 aliphatic rings. The number of hydrogen-bond acceptors (Lipinski definition) is 6. The molecule has 9 heteroatoms. The van der Waals surface area contributed by atoms with Gasteiger partial charge in [0.15, 0.2) is 0 Å². The highest BCUT2D eigenvalue weighted by Gasteiger charge is 2.12. The van der Waals surface area contributed by atoms with Gasteiger partial charge in [0.05, 0.1) is 18.6 Å². The Balaban J connectivity index is 1.50. The van der Waals surface area contributed by atoms with Crippen molar-refractivity contribution in [2.24, 2.45) is 0 Å². The summed E-state index contributed by atoms with van der Waals surface area (Å²) in [6.45, 7) is 0.365. The van der Waals surface area contributed by atoms with Gasteiger partial charge in [-0.3, -0.25) is 4.79 Å². The quantitative estimate of drug-likeness (QED) is 0.597. The number of aromatic nitrogens is 4. The Bertz CT molecular complexity index is 901. The lowest BCUT2D eigenvalue weighted by Crippen LogP contribution is -2.27.